The monoisotopic (exact) mass is 336 g/mol. The van der Waals surface area contributed by atoms with Crippen LogP contribution in [0.1, 0.15) is 33.1 Å². The van der Waals surface area contributed by atoms with E-state index in [4.69, 9.17) is 34.8 Å². The van der Waals surface area contributed by atoms with Gasteiger partial charge in [0.05, 0.1) is 20.8 Å². The summed E-state index contributed by atoms with van der Waals surface area (Å²) in [4.78, 5) is 11.9. The summed E-state index contributed by atoms with van der Waals surface area (Å²) in [6, 6.07) is 2.78. The maximum Gasteiger partial charge on any atom is 0.242 e. The van der Waals surface area contributed by atoms with E-state index >= 15 is 0 Å². The van der Waals surface area contributed by atoms with Crippen molar-refractivity contribution in [3.8, 4) is 0 Å². The number of anilines is 1. The third-order valence-electron chi connectivity index (χ3n) is 2.85. The predicted molar refractivity (Wildman–Crippen MR) is 87.1 cm³/mol. The summed E-state index contributed by atoms with van der Waals surface area (Å²) in [5, 5.41) is 7.13. The van der Waals surface area contributed by atoms with Crippen molar-refractivity contribution in [3.05, 3.63) is 27.2 Å². The standard InChI is InChI=1S/C14H19Cl3N2O/c1-3-4-5-6-18-14(20)9(2)19-13-8-11(16)10(15)7-12(13)17/h7-9,19H,3-6H2,1-2H3,(H,18,20). The van der Waals surface area contributed by atoms with Crippen molar-refractivity contribution < 1.29 is 4.79 Å². The quantitative estimate of drug-likeness (QED) is 0.556. The average molecular weight is 338 g/mol. The maximum absolute atomic E-state index is 11.9. The van der Waals surface area contributed by atoms with Gasteiger partial charge < -0.3 is 10.6 Å². The number of carbonyl (C=O) groups is 1. The molecule has 6 heteroatoms. The van der Waals surface area contributed by atoms with E-state index in [1.54, 1.807) is 19.1 Å². The zero-order valence-electron chi connectivity index (χ0n) is 11.6. The Morgan fingerprint density at radius 1 is 1.15 bits per heavy atom. The number of benzene rings is 1. The van der Waals surface area contributed by atoms with E-state index in [0.29, 0.717) is 27.3 Å². The van der Waals surface area contributed by atoms with Crippen molar-refractivity contribution >= 4 is 46.4 Å². The molecule has 0 aromatic heterocycles. The molecule has 0 aliphatic heterocycles. The van der Waals surface area contributed by atoms with Gasteiger partial charge in [-0.2, -0.15) is 0 Å². The summed E-state index contributed by atoms with van der Waals surface area (Å²) in [5.41, 5.74) is 0.595. The smallest absolute Gasteiger partial charge is 0.242 e. The van der Waals surface area contributed by atoms with E-state index in [2.05, 4.69) is 17.6 Å². The van der Waals surface area contributed by atoms with E-state index < -0.39 is 6.04 Å². The zero-order valence-corrected chi connectivity index (χ0v) is 13.9. The Morgan fingerprint density at radius 2 is 1.80 bits per heavy atom. The molecule has 3 nitrogen and oxygen atoms in total. The zero-order chi connectivity index (χ0) is 15.1. The van der Waals surface area contributed by atoms with Crippen molar-refractivity contribution in [1.82, 2.24) is 5.32 Å². The second-order valence-corrected chi connectivity index (χ2v) is 5.83. The van der Waals surface area contributed by atoms with E-state index in [-0.39, 0.29) is 5.91 Å². The maximum atomic E-state index is 11.9. The van der Waals surface area contributed by atoms with Gasteiger partial charge in [-0.1, -0.05) is 54.6 Å². The minimum Gasteiger partial charge on any atom is -0.373 e. The Bertz CT molecular complexity index is 466. The van der Waals surface area contributed by atoms with Crippen molar-refractivity contribution in [3.63, 3.8) is 0 Å². The minimum absolute atomic E-state index is 0.0664. The number of nitrogens with one attached hydrogen (secondary N) is 2. The van der Waals surface area contributed by atoms with E-state index in [0.717, 1.165) is 19.3 Å². The van der Waals surface area contributed by atoms with Crippen LogP contribution in [0.5, 0.6) is 0 Å². The lowest BCUT2D eigenvalue weighted by molar-refractivity contribution is -0.121. The van der Waals surface area contributed by atoms with Crippen molar-refractivity contribution in [2.75, 3.05) is 11.9 Å². The molecule has 0 bridgehead atoms. The number of halogens is 3. The lowest BCUT2D eigenvalue weighted by atomic mass is 10.2. The SMILES string of the molecule is CCCCCNC(=O)C(C)Nc1cc(Cl)c(Cl)cc1Cl. The van der Waals surface area contributed by atoms with Crippen LogP contribution in [0.3, 0.4) is 0 Å². The number of amides is 1. The largest absolute Gasteiger partial charge is 0.373 e. The lowest BCUT2D eigenvalue weighted by Crippen LogP contribution is -2.38. The van der Waals surface area contributed by atoms with Crippen LogP contribution >= 0.6 is 34.8 Å². The van der Waals surface area contributed by atoms with E-state index in [1.807, 2.05) is 0 Å². The summed E-state index contributed by atoms with van der Waals surface area (Å²) < 4.78 is 0. The predicted octanol–water partition coefficient (Wildman–Crippen LogP) is 4.75. The van der Waals surface area contributed by atoms with Gasteiger partial charge in [0, 0.05) is 6.54 Å². The summed E-state index contributed by atoms with van der Waals surface area (Å²) in [5.74, 6) is -0.0664. The van der Waals surface area contributed by atoms with Crippen LogP contribution in [-0.2, 0) is 4.79 Å². The molecule has 1 aromatic carbocycles. The first-order valence-electron chi connectivity index (χ1n) is 6.64. The van der Waals surface area contributed by atoms with Crippen LogP contribution in [0, 0.1) is 0 Å². The fourth-order valence-corrected chi connectivity index (χ4v) is 2.27. The molecule has 0 saturated carbocycles. The molecule has 1 atom stereocenters. The van der Waals surface area contributed by atoms with Crippen LogP contribution in [0.15, 0.2) is 12.1 Å². The Hall–Kier alpha value is -0.640. The number of carbonyl (C=O) groups excluding carboxylic acids is 1. The Morgan fingerprint density at radius 3 is 2.45 bits per heavy atom. The summed E-state index contributed by atoms with van der Waals surface area (Å²) in [6.45, 7) is 4.58. The van der Waals surface area contributed by atoms with Gasteiger partial charge in [0.2, 0.25) is 5.91 Å². The normalized spacial score (nSPS) is 12.1. The molecule has 0 saturated heterocycles. The first-order valence-corrected chi connectivity index (χ1v) is 7.78. The van der Waals surface area contributed by atoms with Gasteiger partial charge in [0.1, 0.15) is 6.04 Å². The molecule has 0 aliphatic rings. The average Bonchev–Trinajstić information content (AvgIpc) is 2.40. The molecule has 1 unspecified atom stereocenters. The molecule has 1 amide bonds. The molecular weight excluding hydrogens is 319 g/mol. The number of rotatable bonds is 7. The Labute approximate surface area is 135 Å². The summed E-state index contributed by atoms with van der Waals surface area (Å²) >= 11 is 17.9. The van der Waals surface area contributed by atoms with Crippen molar-refractivity contribution in [2.45, 2.75) is 39.2 Å². The van der Waals surface area contributed by atoms with Crippen LogP contribution < -0.4 is 10.6 Å². The van der Waals surface area contributed by atoms with Gasteiger partial charge in [-0.15, -0.1) is 0 Å². The molecule has 0 fully saturated rings. The minimum atomic E-state index is -0.397. The van der Waals surface area contributed by atoms with Gasteiger partial charge in [-0.05, 0) is 25.5 Å². The molecule has 1 rings (SSSR count). The van der Waals surface area contributed by atoms with Gasteiger partial charge in [-0.3, -0.25) is 4.79 Å². The second kappa shape index (κ2) is 8.60. The summed E-state index contributed by atoms with van der Waals surface area (Å²) in [6.07, 6.45) is 3.23. The number of unbranched alkanes of at least 4 members (excludes halogenated alkanes) is 2. The van der Waals surface area contributed by atoms with Crippen LogP contribution in [0.25, 0.3) is 0 Å². The highest BCUT2D eigenvalue weighted by molar-refractivity contribution is 6.44. The Balaban J connectivity index is 2.55. The third-order valence-corrected chi connectivity index (χ3v) is 3.89. The van der Waals surface area contributed by atoms with Gasteiger partial charge >= 0.3 is 0 Å². The number of hydrogen-bond donors (Lipinski definition) is 2. The topological polar surface area (TPSA) is 41.1 Å². The Kier molecular flexibility index (Phi) is 7.49. The molecule has 0 heterocycles. The van der Waals surface area contributed by atoms with E-state index in [9.17, 15) is 4.79 Å². The molecule has 1 aromatic rings. The van der Waals surface area contributed by atoms with E-state index in [1.165, 1.54) is 0 Å². The highest BCUT2D eigenvalue weighted by Crippen LogP contribution is 2.32. The fourth-order valence-electron chi connectivity index (χ4n) is 1.67. The molecule has 20 heavy (non-hydrogen) atoms. The second-order valence-electron chi connectivity index (χ2n) is 4.61. The first-order chi connectivity index (χ1) is 9.45. The van der Waals surface area contributed by atoms with Gasteiger partial charge in [-0.25, -0.2) is 0 Å². The van der Waals surface area contributed by atoms with Gasteiger partial charge in [0.15, 0.2) is 0 Å². The molecule has 0 aliphatic carbocycles. The molecule has 2 N–H and O–H groups in total. The fraction of sp³-hybridized carbons (Fsp3) is 0.500. The molecule has 112 valence electrons. The molecule has 0 spiro atoms. The number of hydrogen-bond acceptors (Lipinski definition) is 2. The van der Waals surface area contributed by atoms with Crippen molar-refractivity contribution in [2.24, 2.45) is 0 Å². The van der Waals surface area contributed by atoms with Gasteiger partial charge in [0.25, 0.3) is 0 Å². The third kappa shape index (κ3) is 5.39. The summed E-state index contributed by atoms with van der Waals surface area (Å²) in [7, 11) is 0. The highest BCUT2D eigenvalue weighted by Gasteiger charge is 2.14. The molecular formula is C14H19Cl3N2O. The van der Waals surface area contributed by atoms with Crippen molar-refractivity contribution in [1.29, 1.82) is 0 Å². The molecule has 0 radical (unpaired) electrons. The lowest BCUT2D eigenvalue weighted by Gasteiger charge is -2.16. The van der Waals surface area contributed by atoms with Crippen LogP contribution in [0.4, 0.5) is 5.69 Å². The highest BCUT2D eigenvalue weighted by atomic mass is 35.5. The first kappa shape index (κ1) is 17.4. The van der Waals surface area contributed by atoms with Crippen LogP contribution in [0.2, 0.25) is 15.1 Å². The van der Waals surface area contributed by atoms with Crippen LogP contribution in [-0.4, -0.2) is 18.5 Å².